The van der Waals surface area contributed by atoms with Crippen LogP contribution in [0.3, 0.4) is 0 Å². The zero-order chi connectivity index (χ0) is 18.1. The van der Waals surface area contributed by atoms with E-state index >= 15 is 0 Å². The molecule has 0 N–H and O–H groups in total. The second-order valence-corrected chi connectivity index (χ2v) is 6.16. The van der Waals surface area contributed by atoms with Crippen LogP contribution in [0.4, 0.5) is 30.2 Å². The van der Waals surface area contributed by atoms with Crippen molar-refractivity contribution < 1.29 is 13.2 Å². The van der Waals surface area contributed by atoms with Gasteiger partial charge in [-0.1, -0.05) is 23.8 Å². The highest BCUT2D eigenvalue weighted by atomic mass is 19.1. The first kappa shape index (κ1) is 17.1. The molecule has 0 heterocycles. The fourth-order valence-corrected chi connectivity index (χ4v) is 2.68. The van der Waals surface area contributed by atoms with E-state index in [4.69, 9.17) is 0 Å². The van der Waals surface area contributed by atoms with E-state index in [-0.39, 0.29) is 16.9 Å². The van der Waals surface area contributed by atoms with Crippen LogP contribution in [0.5, 0.6) is 0 Å². The number of hydrogen-bond donors (Lipinski definition) is 0. The topological polar surface area (TPSA) is 3.24 Å². The van der Waals surface area contributed by atoms with Gasteiger partial charge in [0.1, 0.15) is 17.5 Å². The smallest absolute Gasteiger partial charge is 0.147 e. The van der Waals surface area contributed by atoms with Gasteiger partial charge in [-0.2, -0.15) is 0 Å². The van der Waals surface area contributed by atoms with Gasteiger partial charge in [0, 0.05) is 11.3 Å². The fourth-order valence-electron chi connectivity index (χ4n) is 2.68. The van der Waals surface area contributed by atoms with Crippen molar-refractivity contribution in [2.45, 2.75) is 20.8 Å². The van der Waals surface area contributed by atoms with Gasteiger partial charge in [0.15, 0.2) is 0 Å². The van der Waals surface area contributed by atoms with Crippen LogP contribution in [0.2, 0.25) is 0 Å². The average molecular weight is 341 g/mol. The highest BCUT2D eigenvalue weighted by Gasteiger charge is 2.19. The Morgan fingerprint density at radius 3 is 1.72 bits per heavy atom. The summed E-state index contributed by atoms with van der Waals surface area (Å²) in [6, 6.07) is 14.5. The number of halogens is 3. The van der Waals surface area contributed by atoms with Crippen molar-refractivity contribution in [2.75, 3.05) is 4.90 Å². The van der Waals surface area contributed by atoms with Crippen molar-refractivity contribution in [3.63, 3.8) is 0 Å². The van der Waals surface area contributed by atoms with E-state index in [0.717, 1.165) is 11.1 Å². The van der Waals surface area contributed by atoms with Crippen molar-refractivity contribution in [1.29, 1.82) is 0 Å². The lowest BCUT2D eigenvalue weighted by Gasteiger charge is -2.26. The van der Waals surface area contributed by atoms with Gasteiger partial charge in [-0.25, -0.2) is 13.2 Å². The Morgan fingerprint density at radius 1 is 0.600 bits per heavy atom. The Kier molecular flexibility index (Phi) is 4.53. The molecule has 0 aliphatic heterocycles. The minimum atomic E-state index is -0.667. The minimum absolute atomic E-state index is 0.0583. The zero-order valence-corrected chi connectivity index (χ0v) is 14.3. The summed E-state index contributed by atoms with van der Waals surface area (Å²) in [4.78, 5) is 1.51. The summed E-state index contributed by atoms with van der Waals surface area (Å²) in [6.07, 6.45) is 0. The Balaban J connectivity index is 2.24. The molecule has 0 saturated heterocycles. The van der Waals surface area contributed by atoms with Crippen molar-refractivity contribution in [2.24, 2.45) is 0 Å². The van der Waals surface area contributed by atoms with Crippen molar-refractivity contribution in [1.82, 2.24) is 0 Å². The Hall–Kier alpha value is -2.75. The van der Waals surface area contributed by atoms with E-state index in [1.807, 2.05) is 19.1 Å². The molecule has 0 aromatic heterocycles. The van der Waals surface area contributed by atoms with E-state index in [0.29, 0.717) is 5.69 Å². The quantitative estimate of drug-likeness (QED) is 0.525. The van der Waals surface area contributed by atoms with Crippen LogP contribution in [-0.2, 0) is 0 Å². The van der Waals surface area contributed by atoms with Crippen molar-refractivity contribution >= 4 is 17.1 Å². The SMILES string of the molecule is Cc1ccc(N(c2cc(F)c(C)c(F)c2)c2ccc(C)cc2F)cc1. The van der Waals surface area contributed by atoms with E-state index < -0.39 is 17.5 Å². The molecular formula is C21H18F3N. The van der Waals surface area contributed by atoms with Gasteiger partial charge in [0.05, 0.1) is 11.4 Å². The molecule has 0 aliphatic carbocycles. The Morgan fingerprint density at radius 2 is 1.16 bits per heavy atom. The normalized spacial score (nSPS) is 10.8. The molecule has 25 heavy (non-hydrogen) atoms. The molecule has 0 aliphatic rings. The number of benzene rings is 3. The van der Waals surface area contributed by atoms with Crippen LogP contribution in [0.15, 0.2) is 54.6 Å². The zero-order valence-electron chi connectivity index (χ0n) is 14.3. The molecule has 128 valence electrons. The molecule has 0 amide bonds. The van der Waals surface area contributed by atoms with Gasteiger partial charge in [0.2, 0.25) is 0 Å². The van der Waals surface area contributed by atoms with Gasteiger partial charge < -0.3 is 4.90 Å². The molecular weight excluding hydrogens is 323 g/mol. The predicted octanol–water partition coefficient (Wildman–Crippen LogP) is 6.50. The molecule has 0 atom stereocenters. The second-order valence-electron chi connectivity index (χ2n) is 6.16. The molecule has 0 fully saturated rings. The lowest BCUT2D eigenvalue weighted by atomic mass is 10.1. The highest BCUT2D eigenvalue weighted by molar-refractivity contribution is 5.77. The number of rotatable bonds is 3. The van der Waals surface area contributed by atoms with E-state index in [9.17, 15) is 13.2 Å². The maximum absolute atomic E-state index is 14.6. The Bertz CT molecular complexity index is 894. The monoisotopic (exact) mass is 341 g/mol. The van der Waals surface area contributed by atoms with Crippen LogP contribution in [0.1, 0.15) is 16.7 Å². The van der Waals surface area contributed by atoms with Crippen LogP contribution >= 0.6 is 0 Å². The molecule has 0 radical (unpaired) electrons. The third-order valence-electron chi connectivity index (χ3n) is 4.16. The third kappa shape index (κ3) is 3.38. The van der Waals surface area contributed by atoms with Gasteiger partial charge in [-0.15, -0.1) is 0 Å². The number of nitrogens with zero attached hydrogens (tertiary/aromatic N) is 1. The summed E-state index contributed by atoms with van der Waals surface area (Å²) in [7, 11) is 0. The lowest BCUT2D eigenvalue weighted by Crippen LogP contribution is -2.13. The van der Waals surface area contributed by atoms with Gasteiger partial charge in [-0.05, 0) is 62.7 Å². The predicted molar refractivity (Wildman–Crippen MR) is 95.2 cm³/mol. The first-order valence-electron chi connectivity index (χ1n) is 7.95. The first-order chi connectivity index (χ1) is 11.9. The van der Waals surface area contributed by atoms with E-state index in [1.165, 1.54) is 30.0 Å². The van der Waals surface area contributed by atoms with Gasteiger partial charge in [0.25, 0.3) is 0 Å². The molecule has 3 aromatic rings. The summed E-state index contributed by atoms with van der Waals surface area (Å²) in [5.74, 6) is -1.79. The highest BCUT2D eigenvalue weighted by Crippen LogP contribution is 2.37. The summed E-state index contributed by atoms with van der Waals surface area (Å²) in [5, 5.41) is 0. The maximum Gasteiger partial charge on any atom is 0.147 e. The fraction of sp³-hybridized carbons (Fsp3) is 0.143. The molecule has 0 unspecified atom stereocenters. The summed E-state index contributed by atoms with van der Waals surface area (Å²) < 4.78 is 42.8. The number of anilines is 3. The third-order valence-corrected chi connectivity index (χ3v) is 4.16. The molecule has 3 aromatic carbocycles. The summed E-state index contributed by atoms with van der Waals surface area (Å²) in [6.45, 7) is 5.09. The first-order valence-corrected chi connectivity index (χ1v) is 7.95. The molecule has 4 heteroatoms. The molecule has 0 spiro atoms. The average Bonchev–Trinajstić information content (AvgIpc) is 2.56. The molecule has 0 bridgehead atoms. The van der Waals surface area contributed by atoms with Crippen molar-refractivity contribution in [3.8, 4) is 0 Å². The summed E-state index contributed by atoms with van der Waals surface area (Å²) >= 11 is 0. The second kappa shape index (κ2) is 6.63. The number of hydrogen-bond acceptors (Lipinski definition) is 1. The van der Waals surface area contributed by atoms with Gasteiger partial charge in [-0.3, -0.25) is 0 Å². The maximum atomic E-state index is 14.6. The Labute approximate surface area is 145 Å². The molecule has 3 rings (SSSR count). The minimum Gasteiger partial charge on any atom is -0.307 e. The van der Waals surface area contributed by atoms with E-state index in [1.54, 1.807) is 31.2 Å². The largest absolute Gasteiger partial charge is 0.307 e. The van der Waals surface area contributed by atoms with Crippen LogP contribution in [0.25, 0.3) is 0 Å². The standard InChI is InChI=1S/C21H18F3N/c1-13-4-7-16(8-5-13)25(21-9-6-14(2)10-20(21)24)17-11-18(22)15(3)19(23)12-17/h4-12H,1-3H3. The summed E-state index contributed by atoms with van der Waals surface area (Å²) in [5.41, 5.74) is 2.83. The van der Waals surface area contributed by atoms with Crippen LogP contribution in [0, 0.1) is 38.2 Å². The van der Waals surface area contributed by atoms with E-state index in [2.05, 4.69) is 0 Å². The molecule has 1 nitrogen and oxygen atoms in total. The van der Waals surface area contributed by atoms with Crippen LogP contribution in [-0.4, -0.2) is 0 Å². The van der Waals surface area contributed by atoms with Gasteiger partial charge >= 0.3 is 0 Å². The number of aryl methyl sites for hydroxylation is 2. The van der Waals surface area contributed by atoms with Crippen LogP contribution < -0.4 is 4.90 Å². The molecule has 0 saturated carbocycles. The van der Waals surface area contributed by atoms with Crippen molar-refractivity contribution in [3.05, 3.63) is 88.7 Å². The lowest BCUT2D eigenvalue weighted by molar-refractivity contribution is 0.568.